The molecule has 1 aromatic heterocycles. The SMILES string of the molecule is O=C(Cc1cccc([N+](=O)[O-])c1)N/N=C/c1cccnc1. The van der Waals surface area contributed by atoms with Crippen LogP contribution in [-0.2, 0) is 11.2 Å². The van der Waals surface area contributed by atoms with Crippen molar-refractivity contribution in [2.75, 3.05) is 0 Å². The lowest BCUT2D eigenvalue weighted by Gasteiger charge is -2.00. The predicted molar refractivity (Wildman–Crippen MR) is 76.8 cm³/mol. The Labute approximate surface area is 120 Å². The van der Waals surface area contributed by atoms with Gasteiger partial charge in [0.2, 0.25) is 5.91 Å². The number of hydrogen-bond acceptors (Lipinski definition) is 5. The third-order valence-electron chi connectivity index (χ3n) is 2.57. The van der Waals surface area contributed by atoms with Crippen molar-refractivity contribution in [3.63, 3.8) is 0 Å². The standard InChI is InChI=1S/C14H12N4O3/c19-14(17-16-10-12-4-2-6-15-9-12)8-11-3-1-5-13(7-11)18(20)21/h1-7,9-10H,8H2,(H,17,19)/b16-10+. The van der Waals surface area contributed by atoms with Gasteiger partial charge in [-0.25, -0.2) is 5.43 Å². The van der Waals surface area contributed by atoms with Gasteiger partial charge >= 0.3 is 0 Å². The van der Waals surface area contributed by atoms with Crippen LogP contribution in [0, 0.1) is 10.1 Å². The molecule has 0 aliphatic heterocycles. The summed E-state index contributed by atoms with van der Waals surface area (Å²) in [6.07, 6.45) is 4.73. The minimum absolute atomic E-state index is 0.0199. The van der Waals surface area contributed by atoms with Gasteiger partial charge in [-0.2, -0.15) is 5.10 Å². The maximum atomic E-state index is 11.7. The highest BCUT2D eigenvalue weighted by Gasteiger charge is 2.08. The first kappa shape index (κ1) is 14.3. The molecule has 7 nitrogen and oxygen atoms in total. The molecule has 106 valence electrons. The summed E-state index contributed by atoms with van der Waals surface area (Å²) < 4.78 is 0. The Morgan fingerprint density at radius 1 is 1.38 bits per heavy atom. The third-order valence-corrected chi connectivity index (χ3v) is 2.57. The van der Waals surface area contributed by atoms with Crippen LogP contribution < -0.4 is 5.43 Å². The Bertz CT molecular complexity index is 671. The van der Waals surface area contributed by atoms with Crippen LogP contribution in [0.5, 0.6) is 0 Å². The van der Waals surface area contributed by atoms with Gasteiger partial charge < -0.3 is 0 Å². The van der Waals surface area contributed by atoms with E-state index in [1.54, 1.807) is 36.7 Å². The minimum Gasteiger partial charge on any atom is -0.273 e. The van der Waals surface area contributed by atoms with Crippen LogP contribution in [0.4, 0.5) is 5.69 Å². The molecular weight excluding hydrogens is 272 g/mol. The first-order chi connectivity index (χ1) is 10.1. The minimum atomic E-state index is -0.498. The summed E-state index contributed by atoms with van der Waals surface area (Å²) in [4.78, 5) is 25.7. The number of aromatic nitrogens is 1. The Balaban J connectivity index is 1.91. The number of non-ortho nitro benzene ring substituents is 1. The average molecular weight is 284 g/mol. The Kier molecular flexibility index (Phi) is 4.70. The van der Waals surface area contributed by atoms with Crippen molar-refractivity contribution >= 4 is 17.8 Å². The first-order valence-corrected chi connectivity index (χ1v) is 6.10. The Hall–Kier alpha value is -3.09. The molecule has 2 aromatic rings. The fourth-order valence-electron chi connectivity index (χ4n) is 1.64. The summed E-state index contributed by atoms with van der Waals surface area (Å²) in [5.74, 6) is -0.351. The summed E-state index contributed by atoms with van der Waals surface area (Å²) in [7, 11) is 0. The molecule has 0 spiro atoms. The fourth-order valence-corrected chi connectivity index (χ4v) is 1.64. The van der Waals surface area contributed by atoms with Crippen LogP contribution in [0.15, 0.2) is 53.9 Å². The average Bonchev–Trinajstić information content (AvgIpc) is 2.48. The second-order valence-corrected chi connectivity index (χ2v) is 4.18. The number of nitrogens with one attached hydrogen (secondary N) is 1. The maximum absolute atomic E-state index is 11.7. The molecule has 2 rings (SSSR count). The van der Waals surface area contributed by atoms with Crippen molar-refractivity contribution in [3.8, 4) is 0 Å². The van der Waals surface area contributed by atoms with Gasteiger partial charge in [-0.05, 0) is 11.6 Å². The van der Waals surface area contributed by atoms with Crippen LogP contribution in [0.1, 0.15) is 11.1 Å². The number of pyridine rings is 1. The van der Waals surface area contributed by atoms with Crippen LogP contribution in [-0.4, -0.2) is 22.0 Å². The molecular formula is C14H12N4O3. The van der Waals surface area contributed by atoms with Gasteiger partial charge in [0.25, 0.3) is 5.69 Å². The Morgan fingerprint density at radius 2 is 2.24 bits per heavy atom. The zero-order chi connectivity index (χ0) is 15.1. The molecule has 0 aliphatic carbocycles. The van der Waals surface area contributed by atoms with Crippen molar-refractivity contribution in [1.29, 1.82) is 0 Å². The van der Waals surface area contributed by atoms with E-state index in [9.17, 15) is 14.9 Å². The Morgan fingerprint density at radius 3 is 2.95 bits per heavy atom. The molecule has 7 heteroatoms. The monoisotopic (exact) mass is 284 g/mol. The van der Waals surface area contributed by atoms with E-state index in [0.717, 1.165) is 5.56 Å². The van der Waals surface area contributed by atoms with Crippen molar-refractivity contribution in [3.05, 3.63) is 70.0 Å². The fraction of sp³-hybridized carbons (Fsp3) is 0.0714. The number of hydrogen-bond donors (Lipinski definition) is 1. The van der Waals surface area contributed by atoms with E-state index in [1.807, 2.05) is 0 Å². The summed E-state index contributed by atoms with van der Waals surface area (Å²) in [5, 5.41) is 14.4. The zero-order valence-corrected chi connectivity index (χ0v) is 11.0. The highest BCUT2D eigenvalue weighted by atomic mass is 16.6. The molecule has 0 aliphatic rings. The molecule has 0 saturated heterocycles. The van der Waals surface area contributed by atoms with Crippen molar-refractivity contribution < 1.29 is 9.72 Å². The van der Waals surface area contributed by atoms with Gasteiger partial charge in [0.05, 0.1) is 17.6 Å². The topological polar surface area (TPSA) is 97.5 Å². The van der Waals surface area contributed by atoms with E-state index in [1.165, 1.54) is 18.3 Å². The zero-order valence-electron chi connectivity index (χ0n) is 11.0. The van der Waals surface area contributed by atoms with Crippen LogP contribution in [0.3, 0.4) is 0 Å². The quantitative estimate of drug-likeness (QED) is 0.513. The lowest BCUT2D eigenvalue weighted by Crippen LogP contribution is -2.19. The van der Waals surface area contributed by atoms with E-state index in [2.05, 4.69) is 15.5 Å². The lowest BCUT2D eigenvalue weighted by atomic mass is 10.1. The second-order valence-electron chi connectivity index (χ2n) is 4.18. The molecule has 0 fully saturated rings. The summed E-state index contributed by atoms with van der Waals surface area (Å²) in [6, 6.07) is 9.49. The normalized spacial score (nSPS) is 10.5. The highest BCUT2D eigenvalue weighted by molar-refractivity contribution is 5.83. The maximum Gasteiger partial charge on any atom is 0.269 e. The van der Waals surface area contributed by atoms with Gasteiger partial charge in [-0.15, -0.1) is 0 Å². The molecule has 0 saturated carbocycles. The number of rotatable bonds is 5. The number of carbonyl (C=O) groups is 1. The molecule has 0 unspecified atom stereocenters. The van der Waals surface area contributed by atoms with E-state index in [-0.39, 0.29) is 18.0 Å². The van der Waals surface area contributed by atoms with E-state index in [0.29, 0.717) is 5.56 Å². The molecule has 1 heterocycles. The number of benzene rings is 1. The largest absolute Gasteiger partial charge is 0.273 e. The summed E-state index contributed by atoms with van der Waals surface area (Å²) >= 11 is 0. The van der Waals surface area contributed by atoms with Crippen LogP contribution >= 0.6 is 0 Å². The summed E-state index contributed by atoms with van der Waals surface area (Å²) in [6.45, 7) is 0. The molecule has 1 N–H and O–H groups in total. The van der Waals surface area contributed by atoms with E-state index in [4.69, 9.17) is 0 Å². The third kappa shape index (κ3) is 4.50. The van der Waals surface area contributed by atoms with Gasteiger partial charge in [0, 0.05) is 30.1 Å². The van der Waals surface area contributed by atoms with Gasteiger partial charge in [-0.1, -0.05) is 18.2 Å². The van der Waals surface area contributed by atoms with Gasteiger partial charge in [0.15, 0.2) is 0 Å². The van der Waals surface area contributed by atoms with Crippen molar-refractivity contribution in [1.82, 2.24) is 10.4 Å². The summed E-state index contributed by atoms with van der Waals surface area (Å²) in [5.41, 5.74) is 3.63. The molecule has 0 radical (unpaired) electrons. The number of amides is 1. The first-order valence-electron chi connectivity index (χ1n) is 6.10. The molecule has 1 aromatic carbocycles. The van der Waals surface area contributed by atoms with Crippen LogP contribution in [0.25, 0.3) is 0 Å². The molecule has 21 heavy (non-hydrogen) atoms. The number of carbonyl (C=O) groups excluding carboxylic acids is 1. The molecule has 1 amide bonds. The van der Waals surface area contributed by atoms with E-state index >= 15 is 0 Å². The number of nitrogens with zero attached hydrogens (tertiary/aromatic N) is 3. The van der Waals surface area contributed by atoms with Gasteiger partial charge in [0.1, 0.15) is 0 Å². The molecule has 0 bridgehead atoms. The van der Waals surface area contributed by atoms with Crippen molar-refractivity contribution in [2.45, 2.75) is 6.42 Å². The number of nitro groups is 1. The van der Waals surface area contributed by atoms with Gasteiger partial charge in [-0.3, -0.25) is 19.9 Å². The van der Waals surface area contributed by atoms with E-state index < -0.39 is 4.92 Å². The molecule has 0 atom stereocenters. The van der Waals surface area contributed by atoms with Crippen molar-refractivity contribution in [2.24, 2.45) is 5.10 Å². The predicted octanol–water partition coefficient (Wildman–Crippen LogP) is 1.68. The smallest absolute Gasteiger partial charge is 0.269 e. The second kappa shape index (κ2) is 6.90. The van der Waals surface area contributed by atoms with Crippen LogP contribution in [0.2, 0.25) is 0 Å². The number of nitro benzene ring substituents is 1. The lowest BCUT2D eigenvalue weighted by molar-refractivity contribution is -0.384. The number of hydrazone groups is 1. The highest BCUT2D eigenvalue weighted by Crippen LogP contribution is 2.13.